The summed E-state index contributed by atoms with van der Waals surface area (Å²) < 4.78 is 5.03. The Bertz CT molecular complexity index is 339. The van der Waals surface area contributed by atoms with E-state index in [0.717, 1.165) is 12.8 Å². The maximum atomic E-state index is 12.3. The Kier molecular flexibility index (Phi) is 6.50. The second-order valence-electron chi connectivity index (χ2n) is 6.69. The van der Waals surface area contributed by atoms with Crippen molar-refractivity contribution in [3.05, 3.63) is 0 Å². The maximum absolute atomic E-state index is 12.3. The Balaban J connectivity index is 2.52. The maximum Gasteiger partial charge on any atom is 0.325 e. The third kappa shape index (κ3) is 5.14. The summed E-state index contributed by atoms with van der Waals surface area (Å²) in [6, 6.07) is 0. The van der Waals surface area contributed by atoms with Crippen molar-refractivity contribution >= 4 is 11.9 Å². The van der Waals surface area contributed by atoms with E-state index in [1.807, 2.05) is 0 Å². The van der Waals surface area contributed by atoms with Gasteiger partial charge in [0, 0.05) is 5.92 Å². The molecule has 1 aliphatic carbocycles. The summed E-state index contributed by atoms with van der Waals surface area (Å²) in [5.41, 5.74) is 0. The molecule has 1 N–H and O–H groups in total. The summed E-state index contributed by atoms with van der Waals surface area (Å²) in [6.07, 6.45) is 3.08. The lowest BCUT2D eigenvalue weighted by Gasteiger charge is -2.36. The molecular formula is C16H29NO3. The predicted molar refractivity (Wildman–Crippen MR) is 79.1 cm³/mol. The molecule has 0 aromatic rings. The average molecular weight is 283 g/mol. The van der Waals surface area contributed by atoms with E-state index in [2.05, 4.69) is 26.1 Å². The minimum absolute atomic E-state index is 0.0101. The molecule has 20 heavy (non-hydrogen) atoms. The number of carbonyl (C=O) groups excluding carboxylic acids is 2. The van der Waals surface area contributed by atoms with Gasteiger partial charge < -0.3 is 10.1 Å². The Morgan fingerprint density at radius 3 is 2.40 bits per heavy atom. The summed E-state index contributed by atoms with van der Waals surface area (Å²) in [6.45, 7) is 10.1. The molecule has 1 aliphatic rings. The van der Waals surface area contributed by atoms with Crippen molar-refractivity contribution in [3.8, 4) is 0 Å². The zero-order valence-electron chi connectivity index (χ0n) is 13.4. The Hall–Kier alpha value is -1.06. The first-order chi connectivity index (χ1) is 9.31. The Labute approximate surface area is 122 Å². The molecule has 1 amide bonds. The van der Waals surface area contributed by atoms with Crippen molar-refractivity contribution in [2.45, 2.75) is 60.0 Å². The molecule has 116 valence electrons. The molecule has 1 unspecified atom stereocenters. The number of hydrogen-bond donors (Lipinski definition) is 1. The van der Waals surface area contributed by atoms with Gasteiger partial charge in [-0.3, -0.25) is 9.59 Å². The van der Waals surface area contributed by atoms with Crippen LogP contribution in [0.1, 0.15) is 53.9 Å². The van der Waals surface area contributed by atoms with E-state index in [1.54, 1.807) is 13.8 Å². The first kappa shape index (κ1) is 17.0. The molecule has 0 aromatic carbocycles. The molecular weight excluding hydrogens is 254 g/mol. The SMILES string of the molecule is CC(C)OC(=O)CNC(=O)C1C[C@H](C)CC[C@H]1C(C)C. The van der Waals surface area contributed by atoms with Crippen LogP contribution in [0.25, 0.3) is 0 Å². The number of rotatable bonds is 5. The fourth-order valence-corrected chi connectivity index (χ4v) is 3.10. The Morgan fingerprint density at radius 1 is 1.20 bits per heavy atom. The standard InChI is InChI=1S/C16H29NO3/c1-10(2)13-7-6-12(5)8-14(13)16(19)17-9-15(18)20-11(3)4/h10-14H,6-9H2,1-5H3,(H,17,19)/t12-,13+,14?/m1/s1. The lowest BCUT2D eigenvalue weighted by Crippen LogP contribution is -2.42. The fraction of sp³-hybridized carbons (Fsp3) is 0.875. The largest absolute Gasteiger partial charge is 0.462 e. The summed E-state index contributed by atoms with van der Waals surface area (Å²) in [7, 11) is 0. The number of ether oxygens (including phenoxy) is 1. The third-order valence-electron chi connectivity index (χ3n) is 4.13. The molecule has 0 aromatic heterocycles. The van der Waals surface area contributed by atoms with E-state index >= 15 is 0 Å². The smallest absolute Gasteiger partial charge is 0.325 e. The van der Waals surface area contributed by atoms with E-state index in [9.17, 15) is 9.59 Å². The summed E-state index contributed by atoms with van der Waals surface area (Å²) in [5, 5.41) is 2.75. The van der Waals surface area contributed by atoms with Crippen LogP contribution >= 0.6 is 0 Å². The quantitative estimate of drug-likeness (QED) is 0.789. The van der Waals surface area contributed by atoms with Crippen LogP contribution in [-0.2, 0) is 14.3 Å². The third-order valence-corrected chi connectivity index (χ3v) is 4.13. The van der Waals surface area contributed by atoms with Crippen molar-refractivity contribution in [1.82, 2.24) is 5.32 Å². The summed E-state index contributed by atoms with van der Waals surface area (Å²) in [5.74, 6) is 1.19. The highest BCUT2D eigenvalue weighted by molar-refractivity contribution is 5.83. The lowest BCUT2D eigenvalue weighted by atomic mass is 9.70. The highest BCUT2D eigenvalue weighted by Crippen LogP contribution is 2.37. The number of esters is 1. The van der Waals surface area contributed by atoms with Crippen molar-refractivity contribution < 1.29 is 14.3 Å². The van der Waals surface area contributed by atoms with Crippen LogP contribution in [0.5, 0.6) is 0 Å². The molecule has 0 bridgehead atoms. The molecule has 1 fully saturated rings. The van der Waals surface area contributed by atoms with Gasteiger partial charge in [-0.2, -0.15) is 0 Å². The van der Waals surface area contributed by atoms with E-state index in [1.165, 1.54) is 6.42 Å². The van der Waals surface area contributed by atoms with Crippen LogP contribution in [0, 0.1) is 23.7 Å². The molecule has 1 saturated carbocycles. The van der Waals surface area contributed by atoms with Crippen molar-refractivity contribution in [1.29, 1.82) is 0 Å². The Morgan fingerprint density at radius 2 is 1.85 bits per heavy atom. The van der Waals surface area contributed by atoms with Gasteiger partial charge >= 0.3 is 5.97 Å². The predicted octanol–water partition coefficient (Wildman–Crippen LogP) is 2.76. The monoisotopic (exact) mass is 283 g/mol. The molecule has 4 nitrogen and oxygen atoms in total. The zero-order chi connectivity index (χ0) is 15.3. The topological polar surface area (TPSA) is 55.4 Å². The second-order valence-corrected chi connectivity index (χ2v) is 6.69. The molecule has 0 spiro atoms. The second kappa shape index (κ2) is 7.65. The van der Waals surface area contributed by atoms with Crippen LogP contribution in [0.2, 0.25) is 0 Å². The van der Waals surface area contributed by atoms with Crippen LogP contribution in [0.15, 0.2) is 0 Å². The molecule has 1 rings (SSSR count). The number of amides is 1. The number of hydrogen-bond acceptors (Lipinski definition) is 3. The van der Waals surface area contributed by atoms with Gasteiger partial charge in [-0.1, -0.05) is 27.2 Å². The van der Waals surface area contributed by atoms with Crippen molar-refractivity contribution in [3.63, 3.8) is 0 Å². The van der Waals surface area contributed by atoms with Crippen LogP contribution < -0.4 is 5.32 Å². The minimum Gasteiger partial charge on any atom is -0.462 e. The minimum atomic E-state index is -0.363. The molecule has 0 radical (unpaired) electrons. The number of carbonyl (C=O) groups is 2. The van der Waals surface area contributed by atoms with Crippen LogP contribution in [0.4, 0.5) is 0 Å². The molecule has 0 aliphatic heterocycles. The van der Waals surface area contributed by atoms with Crippen LogP contribution in [-0.4, -0.2) is 24.5 Å². The van der Waals surface area contributed by atoms with Crippen molar-refractivity contribution in [2.24, 2.45) is 23.7 Å². The number of nitrogens with one attached hydrogen (secondary N) is 1. The summed E-state index contributed by atoms with van der Waals surface area (Å²) in [4.78, 5) is 23.8. The summed E-state index contributed by atoms with van der Waals surface area (Å²) >= 11 is 0. The average Bonchev–Trinajstić information content (AvgIpc) is 2.34. The molecule has 3 atom stereocenters. The van der Waals surface area contributed by atoms with Gasteiger partial charge in [0.1, 0.15) is 6.54 Å². The normalized spacial score (nSPS) is 26.6. The zero-order valence-corrected chi connectivity index (χ0v) is 13.4. The highest BCUT2D eigenvalue weighted by atomic mass is 16.5. The van der Waals surface area contributed by atoms with Gasteiger partial charge in [0.2, 0.25) is 5.91 Å². The van der Waals surface area contributed by atoms with Crippen LogP contribution in [0.3, 0.4) is 0 Å². The van der Waals surface area contributed by atoms with Gasteiger partial charge in [0.25, 0.3) is 0 Å². The van der Waals surface area contributed by atoms with Gasteiger partial charge in [0.15, 0.2) is 0 Å². The molecule has 0 saturated heterocycles. The first-order valence-electron chi connectivity index (χ1n) is 7.78. The van der Waals surface area contributed by atoms with E-state index in [4.69, 9.17) is 4.74 Å². The van der Waals surface area contributed by atoms with E-state index in [-0.39, 0.29) is 30.4 Å². The highest BCUT2D eigenvalue weighted by Gasteiger charge is 2.35. The van der Waals surface area contributed by atoms with Crippen molar-refractivity contribution in [2.75, 3.05) is 6.54 Å². The first-order valence-corrected chi connectivity index (χ1v) is 7.78. The van der Waals surface area contributed by atoms with E-state index in [0.29, 0.717) is 17.8 Å². The van der Waals surface area contributed by atoms with Gasteiger partial charge in [0.05, 0.1) is 6.10 Å². The van der Waals surface area contributed by atoms with Gasteiger partial charge in [-0.05, 0) is 44.4 Å². The van der Waals surface area contributed by atoms with Gasteiger partial charge in [-0.25, -0.2) is 0 Å². The fourth-order valence-electron chi connectivity index (χ4n) is 3.10. The lowest BCUT2D eigenvalue weighted by molar-refractivity contribution is -0.148. The molecule has 4 heteroatoms. The van der Waals surface area contributed by atoms with Gasteiger partial charge in [-0.15, -0.1) is 0 Å². The molecule has 0 heterocycles. The van der Waals surface area contributed by atoms with E-state index < -0.39 is 0 Å².